The van der Waals surface area contributed by atoms with Gasteiger partial charge in [0.05, 0.1) is 29.4 Å². The number of hydrogen-bond donors (Lipinski definition) is 1. The molecule has 0 radical (unpaired) electrons. The van der Waals surface area contributed by atoms with E-state index in [-0.39, 0.29) is 12.5 Å². The fourth-order valence-electron chi connectivity index (χ4n) is 4.29. The SMILES string of the molecule is CCCOC(=O)N1CCN(C(=O)c2ccc3c(Cl)cc(-c4ccc(CN(C)C)cc4)nc3c2)C[C@H]1N. The Labute approximate surface area is 216 Å². The molecule has 4 rings (SSSR count). The van der Waals surface area contributed by atoms with Crippen LogP contribution in [0, 0.1) is 0 Å². The predicted octanol–water partition coefficient (Wildman–Crippen LogP) is 4.21. The van der Waals surface area contributed by atoms with Crippen molar-refractivity contribution >= 4 is 34.5 Å². The van der Waals surface area contributed by atoms with E-state index in [9.17, 15) is 9.59 Å². The Hall–Kier alpha value is -3.20. The van der Waals surface area contributed by atoms with Crippen molar-refractivity contribution in [1.82, 2.24) is 19.7 Å². The Bertz CT molecular complexity index is 1250. The lowest BCUT2D eigenvalue weighted by Crippen LogP contribution is -2.60. The molecular formula is C27H32ClN5O3. The molecule has 1 aliphatic heterocycles. The summed E-state index contributed by atoms with van der Waals surface area (Å²) in [6.45, 7) is 4.06. The number of carbonyl (C=O) groups is 2. The number of fused-ring (bicyclic) bond motifs is 1. The van der Waals surface area contributed by atoms with Gasteiger partial charge >= 0.3 is 6.09 Å². The van der Waals surface area contributed by atoms with E-state index in [0.29, 0.717) is 35.8 Å². The third kappa shape index (κ3) is 5.78. The fourth-order valence-corrected chi connectivity index (χ4v) is 4.55. The van der Waals surface area contributed by atoms with E-state index in [4.69, 9.17) is 27.1 Å². The van der Waals surface area contributed by atoms with Gasteiger partial charge in [-0.3, -0.25) is 9.69 Å². The van der Waals surface area contributed by atoms with Gasteiger partial charge < -0.3 is 20.3 Å². The number of carbonyl (C=O) groups excluding carboxylic acids is 2. The molecule has 8 nitrogen and oxygen atoms in total. The highest BCUT2D eigenvalue weighted by molar-refractivity contribution is 6.35. The van der Waals surface area contributed by atoms with Crippen molar-refractivity contribution in [3.05, 3.63) is 64.7 Å². The minimum Gasteiger partial charge on any atom is -0.449 e. The maximum Gasteiger partial charge on any atom is 0.411 e. The Kier molecular flexibility index (Phi) is 8.08. The second-order valence-electron chi connectivity index (χ2n) is 9.28. The highest BCUT2D eigenvalue weighted by Crippen LogP contribution is 2.29. The van der Waals surface area contributed by atoms with Crippen LogP contribution >= 0.6 is 11.6 Å². The monoisotopic (exact) mass is 509 g/mol. The second kappa shape index (κ2) is 11.2. The zero-order chi connectivity index (χ0) is 25.8. The average Bonchev–Trinajstić information content (AvgIpc) is 2.86. The van der Waals surface area contributed by atoms with Crippen molar-refractivity contribution in [1.29, 1.82) is 0 Å². The topological polar surface area (TPSA) is 92.0 Å². The first kappa shape index (κ1) is 25.9. The first-order chi connectivity index (χ1) is 17.3. The molecule has 2 amide bonds. The Balaban J connectivity index is 1.53. The number of amides is 2. The van der Waals surface area contributed by atoms with Gasteiger partial charge in [-0.25, -0.2) is 9.78 Å². The van der Waals surface area contributed by atoms with Gasteiger partial charge in [-0.15, -0.1) is 0 Å². The van der Waals surface area contributed by atoms with Crippen LogP contribution in [0.1, 0.15) is 29.3 Å². The lowest BCUT2D eigenvalue weighted by Gasteiger charge is -2.38. The summed E-state index contributed by atoms with van der Waals surface area (Å²) in [4.78, 5) is 35.5. The van der Waals surface area contributed by atoms with Crippen LogP contribution < -0.4 is 5.73 Å². The highest BCUT2D eigenvalue weighted by atomic mass is 35.5. The Morgan fingerprint density at radius 2 is 1.89 bits per heavy atom. The summed E-state index contributed by atoms with van der Waals surface area (Å²) in [7, 11) is 4.07. The normalized spacial score (nSPS) is 16.0. The molecule has 0 saturated carbocycles. The van der Waals surface area contributed by atoms with Crippen molar-refractivity contribution in [2.45, 2.75) is 26.1 Å². The molecule has 0 unspecified atom stereocenters. The van der Waals surface area contributed by atoms with Crippen molar-refractivity contribution in [2.24, 2.45) is 5.73 Å². The van der Waals surface area contributed by atoms with Crippen LogP contribution in [0.3, 0.4) is 0 Å². The van der Waals surface area contributed by atoms with Crippen LogP contribution in [0.15, 0.2) is 48.5 Å². The Morgan fingerprint density at radius 3 is 2.56 bits per heavy atom. The molecule has 0 spiro atoms. The van der Waals surface area contributed by atoms with Crippen LogP contribution in [-0.4, -0.2) is 78.2 Å². The summed E-state index contributed by atoms with van der Waals surface area (Å²) >= 11 is 6.59. The predicted molar refractivity (Wildman–Crippen MR) is 142 cm³/mol. The third-order valence-corrected chi connectivity index (χ3v) is 6.44. The van der Waals surface area contributed by atoms with E-state index < -0.39 is 12.3 Å². The number of halogens is 1. The third-order valence-electron chi connectivity index (χ3n) is 6.12. The Morgan fingerprint density at radius 1 is 1.14 bits per heavy atom. The van der Waals surface area contributed by atoms with Crippen LogP contribution in [0.2, 0.25) is 5.02 Å². The van der Waals surface area contributed by atoms with Gasteiger partial charge in [-0.2, -0.15) is 0 Å². The zero-order valence-corrected chi connectivity index (χ0v) is 21.7. The van der Waals surface area contributed by atoms with Gasteiger partial charge in [0.1, 0.15) is 6.17 Å². The average molecular weight is 510 g/mol. The lowest BCUT2D eigenvalue weighted by atomic mass is 10.1. The molecule has 2 N–H and O–H groups in total. The standard InChI is InChI=1S/C27H32ClN5O3/c1-4-13-36-27(35)33-12-11-32(17-25(33)29)26(34)20-9-10-21-22(28)15-23(30-24(21)14-20)19-7-5-18(6-8-19)16-31(2)3/h5-10,14-15,25H,4,11-13,16-17,29H2,1-3H3/t25-/m0/s1. The summed E-state index contributed by atoms with van der Waals surface area (Å²) < 4.78 is 5.19. The van der Waals surface area contributed by atoms with Gasteiger partial charge in [-0.05, 0) is 44.3 Å². The highest BCUT2D eigenvalue weighted by Gasteiger charge is 2.31. The van der Waals surface area contributed by atoms with E-state index in [0.717, 1.165) is 29.6 Å². The molecule has 0 aliphatic carbocycles. The summed E-state index contributed by atoms with van der Waals surface area (Å²) in [6.07, 6.45) is -0.325. The molecular weight excluding hydrogens is 478 g/mol. The molecule has 1 fully saturated rings. The van der Waals surface area contributed by atoms with Crippen molar-refractivity contribution < 1.29 is 14.3 Å². The second-order valence-corrected chi connectivity index (χ2v) is 9.69. The van der Waals surface area contributed by atoms with Gasteiger partial charge in [0.2, 0.25) is 0 Å². The van der Waals surface area contributed by atoms with Crippen LogP contribution in [0.5, 0.6) is 0 Å². The summed E-state index contributed by atoms with van der Waals surface area (Å²) in [5, 5.41) is 1.36. The molecule has 3 aromatic rings. The molecule has 1 aliphatic rings. The number of benzene rings is 2. The number of aromatic nitrogens is 1. The molecule has 1 atom stereocenters. The molecule has 9 heteroatoms. The number of piperazine rings is 1. The summed E-state index contributed by atoms with van der Waals surface area (Å²) in [5.41, 5.74) is 10.2. The van der Waals surface area contributed by atoms with E-state index in [1.54, 1.807) is 17.0 Å². The maximum absolute atomic E-state index is 13.3. The number of rotatable bonds is 6. The first-order valence-corrected chi connectivity index (χ1v) is 12.5. The van der Waals surface area contributed by atoms with Crippen LogP contribution in [0.4, 0.5) is 4.79 Å². The number of ether oxygens (including phenoxy) is 1. The van der Waals surface area contributed by atoms with E-state index in [2.05, 4.69) is 17.0 Å². The van der Waals surface area contributed by atoms with Crippen LogP contribution in [-0.2, 0) is 11.3 Å². The quantitative estimate of drug-likeness (QED) is 0.535. The molecule has 1 aromatic heterocycles. The van der Waals surface area contributed by atoms with E-state index in [1.807, 2.05) is 45.3 Å². The van der Waals surface area contributed by atoms with Crippen molar-refractivity contribution in [2.75, 3.05) is 40.3 Å². The largest absolute Gasteiger partial charge is 0.449 e. The summed E-state index contributed by atoms with van der Waals surface area (Å²) in [5.74, 6) is -0.162. The number of pyridine rings is 1. The minimum atomic E-state index is -0.623. The molecule has 2 aromatic carbocycles. The van der Waals surface area contributed by atoms with Gasteiger partial charge in [0, 0.05) is 36.1 Å². The molecule has 36 heavy (non-hydrogen) atoms. The molecule has 1 saturated heterocycles. The first-order valence-electron chi connectivity index (χ1n) is 12.1. The van der Waals surface area contributed by atoms with Crippen molar-refractivity contribution in [3.8, 4) is 11.3 Å². The fraction of sp³-hybridized carbons (Fsp3) is 0.370. The molecule has 0 bridgehead atoms. The van der Waals surface area contributed by atoms with Gasteiger partial charge in [-0.1, -0.05) is 48.9 Å². The molecule has 190 valence electrons. The number of nitrogens with two attached hydrogens (primary N) is 1. The van der Waals surface area contributed by atoms with Crippen LogP contribution in [0.25, 0.3) is 22.2 Å². The van der Waals surface area contributed by atoms with E-state index >= 15 is 0 Å². The minimum absolute atomic E-state index is 0.162. The van der Waals surface area contributed by atoms with Crippen molar-refractivity contribution in [3.63, 3.8) is 0 Å². The van der Waals surface area contributed by atoms with Gasteiger partial charge in [0.25, 0.3) is 5.91 Å². The lowest BCUT2D eigenvalue weighted by molar-refractivity contribution is 0.0390. The maximum atomic E-state index is 13.3. The number of nitrogens with zero attached hydrogens (tertiary/aromatic N) is 4. The molecule has 2 heterocycles. The van der Waals surface area contributed by atoms with Gasteiger partial charge in [0.15, 0.2) is 0 Å². The zero-order valence-electron chi connectivity index (χ0n) is 20.9. The van der Waals surface area contributed by atoms with E-state index in [1.165, 1.54) is 10.5 Å². The smallest absolute Gasteiger partial charge is 0.411 e. The summed E-state index contributed by atoms with van der Waals surface area (Å²) in [6, 6.07) is 15.4. The number of hydrogen-bond acceptors (Lipinski definition) is 6.